The Morgan fingerprint density at radius 3 is 2.54 bits per heavy atom. The number of para-hydroxylation sites is 1. The van der Waals surface area contributed by atoms with Crippen LogP contribution in [-0.4, -0.2) is 27.2 Å². The lowest BCUT2D eigenvalue weighted by Crippen LogP contribution is -2.20. The standard InChI is InChI=1S/C19H21NO4/c1-22-16-8-4-6-14(12-16)13-20-18(21)11-10-15-7-5-9-17(23-2)19(15)24-3/h4-12H,13H2,1-3H3,(H,20,21)/b11-10+. The van der Waals surface area contributed by atoms with Crippen LogP contribution in [0.15, 0.2) is 48.5 Å². The molecule has 0 heterocycles. The molecule has 0 fully saturated rings. The second kappa shape index (κ2) is 8.62. The molecule has 2 aromatic carbocycles. The molecule has 0 aliphatic heterocycles. The van der Waals surface area contributed by atoms with Crippen molar-refractivity contribution in [3.8, 4) is 17.2 Å². The van der Waals surface area contributed by atoms with Crippen LogP contribution < -0.4 is 19.5 Å². The summed E-state index contributed by atoms with van der Waals surface area (Å²) in [7, 11) is 4.76. The molecule has 126 valence electrons. The molecule has 0 saturated carbocycles. The summed E-state index contributed by atoms with van der Waals surface area (Å²) < 4.78 is 15.7. The number of rotatable bonds is 7. The minimum Gasteiger partial charge on any atom is -0.497 e. The fourth-order valence-electron chi connectivity index (χ4n) is 2.24. The van der Waals surface area contributed by atoms with Gasteiger partial charge in [-0.3, -0.25) is 4.79 Å². The van der Waals surface area contributed by atoms with E-state index in [0.717, 1.165) is 16.9 Å². The first kappa shape index (κ1) is 17.4. The van der Waals surface area contributed by atoms with Gasteiger partial charge in [0.1, 0.15) is 5.75 Å². The van der Waals surface area contributed by atoms with Crippen molar-refractivity contribution in [3.63, 3.8) is 0 Å². The summed E-state index contributed by atoms with van der Waals surface area (Å²) in [4.78, 5) is 12.0. The van der Waals surface area contributed by atoms with Crippen molar-refractivity contribution < 1.29 is 19.0 Å². The van der Waals surface area contributed by atoms with Crippen molar-refractivity contribution in [3.05, 3.63) is 59.7 Å². The summed E-state index contributed by atoms with van der Waals surface area (Å²) in [6.45, 7) is 0.426. The molecule has 0 aromatic heterocycles. The summed E-state index contributed by atoms with van der Waals surface area (Å²) >= 11 is 0. The first-order chi connectivity index (χ1) is 11.7. The van der Waals surface area contributed by atoms with Crippen molar-refractivity contribution >= 4 is 12.0 Å². The maximum absolute atomic E-state index is 12.0. The Bertz CT molecular complexity index is 725. The molecule has 0 aliphatic carbocycles. The molecular weight excluding hydrogens is 306 g/mol. The SMILES string of the molecule is COc1cccc(CNC(=O)/C=C/c2cccc(OC)c2OC)c1. The predicted molar refractivity (Wildman–Crippen MR) is 93.4 cm³/mol. The molecular formula is C19H21NO4. The van der Waals surface area contributed by atoms with Gasteiger partial charge in [-0.25, -0.2) is 0 Å². The summed E-state index contributed by atoms with van der Waals surface area (Å²) in [5.41, 5.74) is 1.74. The largest absolute Gasteiger partial charge is 0.497 e. The first-order valence-corrected chi connectivity index (χ1v) is 7.47. The molecule has 0 saturated heterocycles. The zero-order valence-electron chi connectivity index (χ0n) is 14.0. The highest BCUT2D eigenvalue weighted by Gasteiger charge is 2.07. The predicted octanol–water partition coefficient (Wildman–Crippen LogP) is 3.04. The molecule has 0 bridgehead atoms. The Morgan fingerprint density at radius 2 is 1.83 bits per heavy atom. The summed E-state index contributed by atoms with van der Waals surface area (Å²) in [5, 5.41) is 2.83. The highest BCUT2D eigenvalue weighted by molar-refractivity contribution is 5.92. The van der Waals surface area contributed by atoms with Gasteiger partial charge in [-0.1, -0.05) is 24.3 Å². The number of nitrogens with one attached hydrogen (secondary N) is 1. The van der Waals surface area contributed by atoms with Gasteiger partial charge in [0.15, 0.2) is 11.5 Å². The Labute approximate surface area is 141 Å². The number of ether oxygens (including phenoxy) is 3. The molecule has 5 nitrogen and oxygen atoms in total. The normalized spacial score (nSPS) is 10.5. The van der Waals surface area contributed by atoms with E-state index in [1.54, 1.807) is 33.5 Å². The second-order valence-electron chi connectivity index (χ2n) is 4.99. The maximum atomic E-state index is 12.0. The monoisotopic (exact) mass is 327 g/mol. The molecule has 1 N–H and O–H groups in total. The van der Waals surface area contributed by atoms with Crippen LogP contribution in [0.5, 0.6) is 17.2 Å². The quantitative estimate of drug-likeness (QED) is 0.794. The van der Waals surface area contributed by atoms with Crippen molar-refractivity contribution in [1.82, 2.24) is 5.32 Å². The van der Waals surface area contributed by atoms with E-state index in [1.165, 1.54) is 6.08 Å². The lowest BCUT2D eigenvalue weighted by Gasteiger charge is -2.09. The van der Waals surface area contributed by atoms with Crippen molar-refractivity contribution in [2.75, 3.05) is 21.3 Å². The molecule has 0 spiro atoms. The van der Waals surface area contributed by atoms with Gasteiger partial charge in [-0.2, -0.15) is 0 Å². The number of benzene rings is 2. The molecule has 0 unspecified atom stereocenters. The van der Waals surface area contributed by atoms with Crippen LogP contribution in [0.25, 0.3) is 6.08 Å². The van der Waals surface area contributed by atoms with Crippen molar-refractivity contribution in [2.45, 2.75) is 6.54 Å². The topological polar surface area (TPSA) is 56.8 Å². The average molecular weight is 327 g/mol. The van der Waals surface area contributed by atoms with Crippen LogP contribution in [-0.2, 0) is 11.3 Å². The smallest absolute Gasteiger partial charge is 0.244 e. The molecule has 1 amide bonds. The fraction of sp³-hybridized carbons (Fsp3) is 0.211. The van der Waals surface area contributed by atoms with Crippen LogP contribution in [0, 0.1) is 0 Å². The molecule has 0 radical (unpaired) electrons. The van der Waals surface area contributed by atoms with E-state index in [4.69, 9.17) is 14.2 Å². The van der Waals surface area contributed by atoms with Crippen LogP contribution in [0.2, 0.25) is 0 Å². The highest BCUT2D eigenvalue weighted by atomic mass is 16.5. The molecule has 2 rings (SSSR count). The van der Waals surface area contributed by atoms with Gasteiger partial charge in [-0.15, -0.1) is 0 Å². The van der Waals surface area contributed by atoms with E-state index >= 15 is 0 Å². The number of carbonyl (C=O) groups excluding carboxylic acids is 1. The zero-order valence-corrected chi connectivity index (χ0v) is 14.0. The zero-order chi connectivity index (χ0) is 17.4. The number of hydrogen-bond acceptors (Lipinski definition) is 4. The summed E-state index contributed by atoms with van der Waals surface area (Å²) in [6.07, 6.45) is 3.17. The number of carbonyl (C=O) groups is 1. The van der Waals surface area contributed by atoms with E-state index in [0.29, 0.717) is 18.0 Å². The van der Waals surface area contributed by atoms with E-state index in [-0.39, 0.29) is 5.91 Å². The minimum atomic E-state index is -0.192. The van der Waals surface area contributed by atoms with E-state index in [1.807, 2.05) is 36.4 Å². The average Bonchev–Trinajstić information content (AvgIpc) is 2.64. The Kier molecular flexibility index (Phi) is 6.25. The van der Waals surface area contributed by atoms with Crippen LogP contribution in [0.3, 0.4) is 0 Å². The molecule has 24 heavy (non-hydrogen) atoms. The van der Waals surface area contributed by atoms with Gasteiger partial charge in [0.05, 0.1) is 21.3 Å². The van der Waals surface area contributed by atoms with Gasteiger partial charge in [0, 0.05) is 18.2 Å². The third-order valence-corrected chi connectivity index (χ3v) is 3.45. The Morgan fingerprint density at radius 1 is 1.04 bits per heavy atom. The molecule has 2 aromatic rings. The Hall–Kier alpha value is -2.95. The van der Waals surface area contributed by atoms with Crippen molar-refractivity contribution in [2.24, 2.45) is 0 Å². The number of methoxy groups -OCH3 is 3. The minimum absolute atomic E-state index is 0.192. The number of amides is 1. The maximum Gasteiger partial charge on any atom is 0.244 e. The second-order valence-corrected chi connectivity index (χ2v) is 4.99. The van der Waals surface area contributed by atoms with Crippen LogP contribution in [0.1, 0.15) is 11.1 Å². The highest BCUT2D eigenvalue weighted by Crippen LogP contribution is 2.31. The third-order valence-electron chi connectivity index (χ3n) is 3.45. The van der Waals surface area contributed by atoms with Gasteiger partial charge < -0.3 is 19.5 Å². The first-order valence-electron chi connectivity index (χ1n) is 7.47. The van der Waals surface area contributed by atoms with Gasteiger partial charge in [0.2, 0.25) is 5.91 Å². The van der Waals surface area contributed by atoms with Gasteiger partial charge >= 0.3 is 0 Å². The van der Waals surface area contributed by atoms with Gasteiger partial charge in [-0.05, 0) is 29.8 Å². The van der Waals surface area contributed by atoms with Crippen LogP contribution >= 0.6 is 0 Å². The lowest BCUT2D eigenvalue weighted by molar-refractivity contribution is -0.116. The third kappa shape index (κ3) is 4.52. The molecule has 0 aliphatic rings. The van der Waals surface area contributed by atoms with Crippen LogP contribution in [0.4, 0.5) is 0 Å². The number of hydrogen-bond donors (Lipinski definition) is 1. The lowest BCUT2D eigenvalue weighted by atomic mass is 10.1. The van der Waals surface area contributed by atoms with E-state index in [2.05, 4.69) is 5.32 Å². The molecule has 5 heteroatoms. The van der Waals surface area contributed by atoms with E-state index in [9.17, 15) is 4.79 Å². The Balaban J connectivity index is 2.00. The van der Waals surface area contributed by atoms with Gasteiger partial charge in [0.25, 0.3) is 0 Å². The molecule has 0 atom stereocenters. The summed E-state index contributed by atoms with van der Waals surface area (Å²) in [6, 6.07) is 13.1. The summed E-state index contributed by atoms with van der Waals surface area (Å²) in [5.74, 6) is 1.79. The van der Waals surface area contributed by atoms with E-state index < -0.39 is 0 Å². The van der Waals surface area contributed by atoms with Crippen molar-refractivity contribution in [1.29, 1.82) is 0 Å². The fourth-order valence-corrected chi connectivity index (χ4v) is 2.24.